The van der Waals surface area contributed by atoms with Gasteiger partial charge in [-0.1, -0.05) is 57.0 Å². The second kappa shape index (κ2) is 6.96. The SMILES string of the molecule is CC(C)CNCC1CCCCC1C1CC1c1ccccc1. The summed E-state index contributed by atoms with van der Waals surface area (Å²) in [5.74, 6) is 4.50. The average molecular weight is 285 g/mol. The first-order chi connectivity index (χ1) is 10.3. The molecule has 4 atom stereocenters. The highest BCUT2D eigenvalue weighted by molar-refractivity contribution is 5.26. The molecular weight excluding hydrogens is 254 g/mol. The molecule has 21 heavy (non-hydrogen) atoms. The second-order valence-corrected chi connectivity index (χ2v) is 7.68. The van der Waals surface area contributed by atoms with Crippen LogP contribution >= 0.6 is 0 Å². The quantitative estimate of drug-likeness (QED) is 0.788. The molecule has 1 aromatic carbocycles. The van der Waals surface area contributed by atoms with Crippen molar-refractivity contribution < 1.29 is 0 Å². The van der Waals surface area contributed by atoms with E-state index in [1.165, 1.54) is 45.2 Å². The zero-order valence-corrected chi connectivity index (χ0v) is 13.7. The molecule has 2 fully saturated rings. The van der Waals surface area contributed by atoms with Gasteiger partial charge in [0.25, 0.3) is 0 Å². The van der Waals surface area contributed by atoms with Crippen LogP contribution in [0.15, 0.2) is 30.3 Å². The highest BCUT2D eigenvalue weighted by atomic mass is 14.9. The molecule has 1 N–H and O–H groups in total. The Labute approximate surface area is 130 Å². The Morgan fingerprint density at radius 1 is 1.05 bits per heavy atom. The summed E-state index contributed by atoms with van der Waals surface area (Å²) in [6, 6.07) is 11.2. The summed E-state index contributed by atoms with van der Waals surface area (Å²) in [6.07, 6.45) is 7.28. The molecule has 0 bridgehead atoms. The van der Waals surface area contributed by atoms with E-state index >= 15 is 0 Å². The minimum absolute atomic E-state index is 0.769. The smallest absolute Gasteiger partial charge is 0.00176 e. The first-order valence-electron chi connectivity index (χ1n) is 9.01. The van der Waals surface area contributed by atoms with Crippen LogP contribution in [0.5, 0.6) is 0 Å². The molecule has 3 rings (SSSR count). The van der Waals surface area contributed by atoms with E-state index in [2.05, 4.69) is 49.5 Å². The van der Waals surface area contributed by atoms with Gasteiger partial charge in [-0.3, -0.25) is 0 Å². The van der Waals surface area contributed by atoms with Crippen molar-refractivity contribution in [1.29, 1.82) is 0 Å². The Bertz CT molecular complexity index is 425. The molecule has 0 saturated heterocycles. The van der Waals surface area contributed by atoms with Gasteiger partial charge in [0.2, 0.25) is 0 Å². The third-order valence-electron chi connectivity index (χ3n) is 5.54. The fraction of sp³-hybridized carbons (Fsp3) is 0.700. The van der Waals surface area contributed by atoms with Gasteiger partial charge in [0.05, 0.1) is 0 Å². The third kappa shape index (κ3) is 3.88. The molecule has 0 aromatic heterocycles. The monoisotopic (exact) mass is 285 g/mol. The van der Waals surface area contributed by atoms with Crippen molar-refractivity contribution in [1.82, 2.24) is 5.32 Å². The fourth-order valence-electron chi connectivity index (χ4n) is 4.38. The largest absolute Gasteiger partial charge is 0.316 e. The minimum atomic E-state index is 0.769. The molecule has 1 heteroatoms. The third-order valence-corrected chi connectivity index (χ3v) is 5.54. The molecule has 2 aliphatic carbocycles. The van der Waals surface area contributed by atoms with Crippen molar-refractivity contribution in [3.8, 4) is 0 Å². The van der Waals surface area contributed by atoms with Gasteiger partial charge in [-0.2, -0.15) is 0 Å². The van der Waals surface area contributed by atoms with Gasteiger partial charge in [0.15, 0.2) is 0 Å². The highest BCUT2D eigenvalue weighted by Crippen LogP contribution is 2.56. The lowest BCUT2D eigenvalue weighted by atomic mass is 9.75. The van der Waals surface area contributed by atoms with Crippen molar-refractivity contribution in [3.05, 3.63) is 35.9 Å². The number of hydrogen-bond acceptors (Lipinski definition) is 1. The molecule has 1 nitrogen and oxygen atoms in total. The van der Waals surface area contributed by atoms with E-state index in [-0.39, 0.29) is 0 Å². The van der Waals surface area contributed by atoms with Gasteiger partial charge < -0.3 is 5.32 Å². The Balaban J connectivity index is 1.55. The average Bonchev–Trinajstić information content (AvgIpc) is 3.29. The van der Waals surface area contributed by atoms with Gasteiger partial charge in [0, 0.05) is 0 Å². The van der Waals surface area contributed by atoms with E-state index < -0.39 is 0 Å². The summed E-state index contributed by atoms with van der Waals surface area (Å²) in [5.41, 5.74) is 1.59. The predicted molar refractivity (Wildman–Crippen MR) is 90.4 cm³/mol. The van der Waals surface area contributed by atoms with Gasteiger partial charge in [0.1, 0.15) is 0 Å². The van der Waals surface area contributed by atoms with Crippen molar-refractivity contribution in [2.24, 2.45) is 23.7 Å². The minimum Gasteiger partial charge on any atom is -0.316 e. The summed E-state index contributed by atoms with van der Waals surface area (Å²) in [7, 11) is 0. The van der Waals surface area contributed by atoms with Crippen LogP contribution in [0.25, 0.3) is 0 Å². The van der Waals surface area contributed by atoms with E-state index in [0.717, 1.165) is 29.6 Å². The zero-order chi connectivity index (χ0) is 14.7. The second-order valence-electron chi connectivity index (χ2n) is 7.68. The lowest BCUT2D eigenvalue weighted by Crippen LogP contribution is -2.33. The van der Waals surface area contributed by atoms with Crippen LogP contribution < -0.4 is 5.32 Å². The molecule has 116 valence electrons. The van der Waals surface area contributed by atoms with E-state index in [0.29, 0.717) is 0 Å². The van der Waals surface area contributed by atoms with Crippen LogP contribution in [0, 0.1) is 23.7 Å². The maximum Gasteiger partial charge on any atom is -0.00176 e. The molecule has 1 aromatic rings. The molecule has 0 radical (unpaired) electrons. The van der Waals surface area contributed by atoms with Crippen LogP contribution in [0.3, 0.4) is 0 Å². The van der Waals surface area contributed by atoms with Crippen molar-refractivity contribution in [2.75, 3.05) is 13.1 Å². The first kappa shape index (κ1) is 15.1. The molecule has 2 saturated carbocycles. The maximum atomic E-state index is 3.72. The molecule has 0 heterocycles. The topological polar surface area (TPSA) is 12.0 Å². The lowest BCUT2D eigenvalue weighted by molar-refractivity contribution is 0.200. The normalized spacial score (nSPS) is 32.3. The van der Waals surface area contributed by atoms with Crippen molar-refractivity contribution >= 4 is 0 Å². The summed E-state index contributed by atoms with van der Waals surface area (Å²) < 4.78 is 0. The number of nitrogens with one attached hydrogen (secondary N) is 1. The summed E-state index contributed by atoms with van der Waals surface area (Å²) in [4.78, 5) is 0. The number of rotatable bonds is 6. The Morgan fingerprint density at radius 2 is 1.81 bits per heavy atom. The number of benzene rings is 1. The Kier molecular flexibility index (Phi) is 5.00. The van der Waals surface area contributed by atoms with Crippen molar-refractivity contribution in [2.45, 2.75) is 51.9 Å². The van der Waals surface area contributed by atoms with Crippen molar-refractivity contribution in [3.63, 3.8) is 0 Å². The predicted octanol–water partition coefficient (Wildman–Crippen LogP) is 4.84. The molecular formula is C20H31N. The Morgan fingerprint density at radius 3 is 2.57 bits per heavy atom. The van der Waals surface area contributed by atoms with Crippen LogP contribution in [0.2, 0.25) is 0 Å². The summed E-state index contributed by atoms with van der Waals surface area (Å²) >= 11 is 0. The van der Waals surface area contributed by atoms with Crippen LogP contribution in [0.1, 0.15) is 57.4 Å². The van der Waals surface area contributed by atoms with E-state index in [4.69, 9.17) is 0 Å². The molecule has 0 aliphatic heterocycles. The van der Waals surface area contributed by atoms with Gasteiger partial charge in [-0.05, 0) is 67.5 Å². The van der Waals surface area contributed by atoms with Crippen LogP contribution in [-0.2, 0) is 0 Å². The highest BCUT2D eigenvalue weighted by Gasteiger charge is 2.46. The van der Waals surface area contributed by atoms with Gasteiger partial charge in [-0.15, -0.1) is 0 Å². The lowest BCUT2D eigenvalue weighted by Gasteiger charge is -2.32. The molecule has 4 unspecified atom stereocenters. The molecule has 0 amide bonds. The molecule has 0 spiro atoms. The van der Waals surface area contributed by atoms with E-state index in [9.17, 15) is 0 Å². The fourth-order valence-corrected chi connectivity index (χ4v) is 4.38. The van der Waals surface area contributed by atoms with Gasteiger partial charge in [-0.25, -0.2) is 0 Å². The van der Waals surface area contributed by atoms with Gasteiger partial charge >= 0.3 is 0 Å². The van der Waals surface area contributed by atoms with E-state index in [1.807, 2.05) is 0 Å². The molecule has 2 aliphatic rings. The maximum absolute atomic E-state index is 3.72. The Hall–Kier alpha value is -0.820. The van der Waals surface area contributed by atoms with Crippen LogP contribution in [-0.4, -0.2) is 13.1 Å². The van der Waals surface area contributed by atoms with E-state index in [1.54, 1.807) is 5.56 Å². The number of hydrogen-bond donors (Lipinski definition) is 1. The first-order valence-corrected chi connectivity index (χ1v) is 9.01. The zero-order valence-electron chi connectivity index (χ0n) is 13.7. The summed E-state index contributed by atoms with van der Waals surface area (Å²) in [5, 5.41) is 3.72. The van der Waals surface area contributed by atoms with Crippen LogP contribution in [0.4, 0.5) is 0 Å². The summed E-state index contributed by atoms with van der Waals surface area (Å²) in [6.45, 7) is 7.03. The standard InChI is InChI=1S/C20H31N/c1-15(2)13-21-14-17-10-6-7-11-18(17)20-12-19(20)16-8-4-3-5-9-16/h3-5,8-9,15,17-21H,6-7,10-14H2,1-2H3.